The van der Waals surface area contributed by atoms with E-state index in [1.165, 1.54) is 6.92 Å². The largest absolute Gasteiger partial charge is 0.416 e. The van der Waals surface area contributed by atoms with Gasteiger partial charge in [0, 0.05) is 6.07 Å². The second-order valence-corrected chi connectivity index (χ2v) is 3.15. The van der Waals surface area contributed by atoms with Gasteiger partial charge < -0.3 is 15.4 Å². The second-order valence-electron chi connectivity index (χ2n) is 3.15. The summed E-state index contributed by atoms with van der Waals surface area (Å²) in [4.78, 5) is 17.0. The van der Waals surface area contributed by atoms with Crippen LogP contribution in [0.15, 0.2) is 10.9 Å². The van der Waals surface area contributed by atoms with E-state index in [0.29, 0.717) is 0 Å². The van der Waals surface area contributed by atoms with Crippen molar-refractivity contribution in [1.29, 1.82) is 0 Å². The maximum atomic E-state index is 11.9. The Labute approximate surface area is 88.3 Å². The Balaban J connectivity index is 2.65. The molecule has 0 aliphatic rings. The molecule has 1 unspecified atom stereocenters. The van der Waals surface area contributed by atoms with E-state index >= 15 is 0 Å². The molecule has 1 aromatic heterocycles. The summed E-state index contributed by atoms with van der Waals surface area (Å²) in [7, 11) is 0. The van der Waals surface area contributed by atoms with Gasteiger partial charge in [0.05, 0.1) is 6.54 Å². The van der Waals surface area contributed by atoms with E-state index in [4.69, 9.17) is 5.11 Å². The van der Waals surface area contributed by atoms with E-state index in [-0.39, 0.29) is 11.6 Å². The highest BCUT2D eigenvalue weighted by Gasteiger charge is 2.37. The van der Waals surface area contributed by atoms with Gasteiger partial charge in [-0.05, 0) is 6.92 Å². The predicted molar refractivity (Wildman–Crippen MR) is 50.1 cm³/mol. The molecule has 0 saturated heterocycles. The molecule has 0 amide bonds. The van der Waals surface area contributed by atoms with Crippen molar-refractivity contribution in [3.8, 4) is 0 Å². The third-order valence-electron chi connectivity index (χ3n) is 1.71. The molecule has 0 aromatic carbocycles. The molecule has 0 radical (unpaired) electrons. The van der Waals surface area contributed by atoms with E-state index in [1.807, 2.05) is 0 Å². The quantitative estimate of drug-likeness (QED) is 0.711. The van der Waals surface area contributed by atoms with Crippen LogP contribution < -0.4 is 10.9 Å². The molecule has 1 rings (SSSR count). The van der Waals surface area contributed by atoms with Gasteiger partial charge in [-0.2, -0.15) is 13.2 Å². The number of hydrogen-bond acceptors (Lipinski definition) is 4. The van der Waals surface area contributed by atoms with Crippen LogP contribution >= 0.6 is 0 Å². The van der Waals surface area contributed by atoms with Crippen LogP contribution in [0.4, 0.5) is 19.0 Å². The highest BCUT2D eigenvalue weighted by molar-refractivity contribution is 5.32. The molecule has 1 aromatic rings. The lowest BCUT2D eigenvalue weighted by Crippen LogP contribution is -2.35. The summed E-state index contributed by atoms with van der Waals surface area (Å²) in [6.45, 7) is 0.742. The van der Waals surface area contributed by atoms with Crippen LogP contribution in [-0.4, -0.2) is 33.9 Å². The summed E-state index contributed by atoms with van der Waals surface area (Å²) >= 11 is 0. The number of nitrogens with zero attached hydrogens (tertiary/aromatic N) is 1. The zero-order chi connectivity index (χ0) is 12.3. The van der Waals surface area contributed by atoms with Gasteiger partial charge in [-0.1, -0.05) is 0 Å². The Morgan fingerprint density at radius 2 is 2.25 bits per heavy atom. The number of aromatic nitrogens is 2. The van der Waals surface area contributed by atoms with Crippen LogP contribution in [0.5, 0.6) is 0 Å². The van der Waals surface area contributed by atoms with Crippen molar-refractivity contribution in [3.05, 3.63) is 22.2 Å². The summed E-state index contributed by atoms with van der Waals surface area (Å²) in [6.07, 6.45) is -7.18. The van der Waals surface area contributed by atoms with Gasteiger partial charge in [-0.25, -0.2) is 4.98 Å². The Morgan fingerprint density at radius 1 is 1.62 bits per heavy atom. The Bertz CT molecular complexity index is 416. The molecular weight excluding hydrogens is 227 g/mol. The molecule has 90 valence electrons. The van der Waals surface area contributed by atoms with Crippen LogP contribution in [0.3, 0.4) is 0 Å². The maximum absolute atomic E-state index is 11.9. The molecule has 16 heavy (non-hydrogen) atoms. The summed E-state index contributed by atoms with van der Waals surface area (Å²) < 4.78 is 35.8. The summed E-state index contributed by atoms with van der Waals surface area (Å²) in [5.74, 6) is 0.265. The normalized spacial score (nSPS) is 13.6. The molecule has 0 aliphatic carbocycles. The van der Waals surface area contributed by atoms with Crippen molar-refractivity contribution in [3.63, 3.8) is 0 Å². The smallest absolute Gasteiger partial charge is 0.382 e. The average molecular weight is 237 g/mol. The van der Waals surface area contributed by atoms with Gasteiger partial charge in [0.15, 0.2) is 6.10 Å². The fourth-order valence-corrected chi connectivity index (χ4v) is 0.987. The Hall–Kier alpha value is -1.57. The number of nitrogens with one attached hydrogen (secondary N) is 2. The minimum atomic E-state index is -4.69. The molecule has 3 N–H and O–H groups in total. The van der Waals surface area contributed by atoms with E-state index in [0.717, 1.165) is 6.07 Å². The minimum absolute atomic E-state index is 0.00968. The number of hydrogen-bond donors (Lipinski definition) is 3. The second kappa shape index (κ2) is 4.52. The van der Waals surface area contributed by atoms with Crippen LogP contribution in [-0.2, 0) is 0 Å². The minimum Gasteiger partial charge on any atom is -0.382 e. The number of aliphatic hydroxyl groups is 1. The molecule has 0 aliphatic heterocycles. The van der Waals surface area contributed by atoms with Crippen molar-refractivity contribution in [2.24, 2.45) is 0 Å². The van der Waals surface area contributed by atoms with Crippen LogP contribution in [0.2, 0.25) is 0 Å². The molecule has 1 atom stereocenters. The molecule has 8 heteroatoms. The Kier molecular flexibility index (Phi) is 3.53. The van der Waals surface area contributed by atoms with Crippen molar-refractivity contribution in [2.75, 3.05) is 11.9 Å². The molecule has 0 bridgehead atoms. The first-order valence-electron chi connectivity index (χ1n) is 4.35. The van der Waals surface area contributed by atoms with E-state index in [2.05, 4.69) is 15.3 Å². The topological polar surface area (TPSA) is 78.0 Å². The summed E-state index contributed by atoms with van der Waals surface area (Å²) in [5, 5.41) is 10.9. The summed E-state index contributed by atoms with van der Waals surface area (Å²) in [6, 6.07) is 1.01. The number of rotatable bonds is 3. The third-order valence-corrected chi connectivity index (χ3v) is 1.71. The Morgan fingerprint density at radius 3 is 2.75 bits per heavy atom. The number of alkyl halides is 3. The first-order chi connectivity index (χ1) is 7.29. The molecule has 5 nitrogen and oxygen atoms in total. The number of aromatic amines is 1. The van der Waals surface area contributed by atoms with Gasteiger partial charge in [0.1, 0.15) is 11.6 Å². The number of halogens is 3. The van der Waals surface area contributed by atoms with Crippen LogP contribution in [0, 0.1) is 6.92 Å². The zero-order valence-corrected chi connectivity index (χ0v) is 8.30. The molecular formula is C8H10F3N3O2. The lowest BCUT2D eigenvalue weighted by molar-refractivity contribution is -0.198. The van der Waals surface area contributed by atoms with E-state index in [9.17, 15) is 18.0 Å². The van der Waals surface area contributed by atoms with E-state index in [1.54, 1.807) is 0 Å². The average Bonchev–Trinajstić information content (AvgIpc) is 2.11. The van der Waals surface area contributed by atoms with Gasteiger partial charge in [0.2, 0.25) is 0 Å². The molecule has 0 saturated carbocycles. The van der Waals surface area contributed by atoms with Crippen molar-refractivity contribution in [2.45, 2.75) is 19.2 Å². The number of H-pyrrole nitrogens is 1. The first-order valence-corrected chi connectivity index (χ1v) is 4.35. The zero-order valence-electron chi connectivity index (χ0n) is 8.30. The first kappa shape index (κ1) is 12.5. The third kappa shape index (κ3) is 3.54. The number of aliphatic hydroxyl groups excluding tert-OH is 1. The van der Waals surface area contributed by atoms with Crippen molar-refractivity contribution < 1.29 is 18.3 Å². The highest BCUT2D eigenvalue weighted by Crippen LogP contribution is 2.19. The van der Waals surface area contributed by atoms with Crippen molar-refractivity contribution in [1.82, 2.24) is 9.97 Å². The van der Waals surface area contributed by atoms with Gasteiger partial charge in [-0.3, -0.25) is 4.79 Å². The standard InChI is InChI=1S/C8H10F3N3O2/c1-4-13-6(2-7(16)14-4)12-3-5(15)8(9,10)11/h2,5,15H,3H2,1H3,(H2,12,13,14,16). The van der Waals surface area contributed by atoms with E-state index < -0.39 is 24.4 Å². The number of anilines is 1. The molecule has 0 fully saturated rings. The molecule has 0 spiro atoms. The number of aryl methyl sites for hydroxylation is 1. The lowest BCUT2D eigenvalue weighted by Gasteiger charge is -2.15. The van der Waals surface area contributed by atoms with Crippen LogP contribution in [0.25, 0.3) is 0 Å². The van der Waals surface area contributed by atoms with Gasteiger partial charge >= 0.3 is 6.18 Å². The highest BCUT2D eigenvalue weighted by atomic mass is 19.4. The molecule has 1 heterocycles. The SMILES string of the molecule is Cc1nc(NCC(O)C(F)(F)F)cc(=O)[nH]1. The lowest BCUT2D eigenvalue weighted by atomic mass is 10.3. The monoisotopic (exact) mass is 237 g/mol. The fourth-order valence-electron chi connectivity index (χ4n) is 0.987. The van der Waals surface area contributed by atoms with Crippen LogP contribution in [0.1, 0.15) is 5.82 Å². The van der Waals surface area contributed by atoms with Gasteiger partial charge in [-0.15, -0.1) is 0 Å². The predicted octanol–water partition coefficient (Wildman–Crippen LogP) is 0.413. The summed E-state index contributed by atoms with van der Waals surface area (Å²) in [5.41, 5.74) is -0.475. The van der Waals surface area contributed by atoms with Gasteiger partial charge in [0.25, 0.3) is 5.56 Å². The fraction of sp³-hybridized carbons (Fsp3) is 0.500. The van der Waals surface area contributed by atoms with Crippen molar-refractivity contribution >= 4 is 5.82 Å². The maximum Gasteiger partial charge on any atom is 0.416 e.